The summed E-state index contributed by atoms with van der Waals surface area (Å²) in [6.07, 6.45) is 1.76. The first-order valence-corrected chi connectivity index (χ1v) is 12.0. The molecule has 0 unspecified atom stereocenters. The van der Waals surface area contributed by atoms with Gasteiger partial charge in [-0.2, -0.15) is 13.2 Å². The summed E-state index contributed by atoms with van der Waals surface area (Å²) in [5, 5.41) is 3.92. The average Bonchev–Trinajstić information content (AvgIpc) is 3.29. The Hall–Kier alpha value is -3.01. The van der Waals surface area contributed by atoms with Crippen LogP contribution in [0.5, 0.6) is 0 Å². The van der Waals surface area contributed by atoms with E-state index in [9.17, 15) is 18.0 Å². The quantitative estimate of drug-likeness (QED) is 0.397. The molecule has 1 aromatic carbocycles. The fourth-order valence-corrected chi connectivity index (χ4v) is 5.22. The lowest BCUT2D eigenvalue weighted by atomic mass is 9.82. The third-order valence-corrected chi connectivity index (χ3v) is 6.99. The van der Waals surface area contributed by atoms with Crippen molar-refractivity contribution in [1.82, 2.24) is 15.0 Å². The van der Waals surface area contributed by atoms with Crippen molar-refractivity contribution >= 4 is 28.9 Å². The molecule has 10 heteroatoms. The van der Waals surface area contributed by atoms with E-state index in [1.54, 1.807) is 11.3 Å². The standard InChI is InChI=1S/C24H25F3N4O2S/c1-3-33-22(32)16-6-4-15(5-7-16)21-29-13-19(34-21)17-10-14(2)11-18(12-17)30-23-28-9-8-20(31-23)24(25,26)27/h8-13,15-16H,3-7H2,1-2H3,(H,28,30,31). The maximum Gasteiger partial charge on any atom is 0.433 e. The average molecular weight is 491 g/mol. The number of aromatic nitrogens is 3. The molecule has 0 aliphatic heterocycles. The first-order valence-electron chi connectivity index (χ1n) is 11.1. The molecule has 4 rings (SSSR count). The van der Waals surface area contributed by atoms with Crippen molar-refractivity contribution in [3.8, 4) is 10.4 Å². The molecule has 180 valence electrons. The number of thiazole rings is 1. The second kappa shape index (κ2) is 10.1. The monoisotopic (exact) mass is 490 g/mol. The number of alkyl halides is 3. The zero-order valence-corrected chi connectivity index (χ0v) is 19.7. The van der Waals surface area contributed by atoms with Gasteiger partial charge in [-0.3, -0.25) is 4.79 Å². The molecule has 3 aromatic rings. The van der Waals surface area contributed by atoms with Gasteiger partial charge < -0.3 is 10.1 Å². The normalized spacial score (nSPS) is 18.5. The van der Waals surface area contributed by atoms with Gasteiger partial charge in [0.2, 0.25) is 5.95 Å². The number of carbonyl (C=O) groups excluding carboxylic acids is 1. The Labute approximate surface area is 199 Å². The first kappa shape index (κ1) is 24.1. The molecule has 0 radical (unpaired) electrons. The highest BCUT2D eigenvalue weighted by Crippen LogP contribution is 2.40. The largest absolute Gasteiger partial charge is 0.466 e. The van der Waals surface area contributed by atoms with E-state index in [1.807, 2.05) is 38.2 Å². The topological polar surface area (TPSA) is 77.0 Å². The fourth-order valence-electron chi connectivity index (χ4n) is 4.15. The van der Waals surface area contributed by atoms with Crippen LogP contribution in [0, 0.1) is 12.8 Å². The van der Waals surface area contributed by atoms with Crippen LogP contribution in [0.1, 0.15) is 54.8 Å². The van der Waals surface area contributed by atoms with E-state index in [1.165, 1.54) is 0 Å². The van der Waals surface area contributed by atoms with E-state index < -0.39 is 11.9 Å². The van der Waals surface area contributed by atoms with Crippen LogP contribution in [0.15, 0.2) is 36.7 Å². The number of nitrogens with one attached hydrogen (secondary N) is 1. The number of esters is 1. The van der Waals surface area contributed by atoms with E-state index in [4.69, 9.17) is 4.74 Å². The summed E-state index contributed by atoms with van der Waals surface area (Å²) in [6.45, 7) is 4.14. The number of ether oxygens (including phenoxy) is 1. The summed E-state index contributed by atoms with van der Waals surface area (Å²) in [7, 11) is 0. The highest BCUT2D eigenvalue weighted by atomic mass is 32.1. The number of anilines is 2. The number of aryl methyl sites for hydroxylation is 1. The molecule has 0 spiro atoms. The molecule has 6 nitrogen and oxygen atoms in total. The number of halogens is 3. The van der Waals surface area contributed by atoms with Crippen molar-refractivity contribution in [2.45, 2.75) is 51.6 Å². The van der Waals surface area contributed by atoms with E-state index >= 15 is 0 Å². The molecule has 0 atom stereocenters. The molecule has 0 amide bonds. The van der Waals surface area contributed by atoms with Crippen LogP contribution in [0.4, 0.5) is 24.8 Å². The lowest BCUT2D eigenvalue weighted by molar-refractivity contribution is -0.149. The maximum atomic E-state index is 13.0. The number of carbonyl (C=O) groups is 1. The Balaban J connectivity index is 1.48. The SMILES string of the molecule is CCOC(=O)C1CCC(c2ncc(-c3cc(C)cc(Nc4nccc(C(F)(F)F)n4)c3)s2)CC1. The van der Waals surface area contributed by atoms with Crippen LogP contribution >= 0.6 is 11.3 Å². The Morgan fingerprint density at radius 2 is 1.94 bits per heavy atom. The number of benzene rings is 1. The Kier molecular flexibility index (Phi) is 7.16. The second-order valence-corrected chi connectivity index (χ2v) is 9.40. The molecule has 1 aliphatic carbocycles. The van der Waals surface area contributed by atoms with Crippen LogP contribution in [0.3, 0.4) is 0 Å². The van der Waals surface area contributed by atoms with Crippen LogP contribution in [-0.4, -0.2) is 27.5 Å². The van der Waals surface area contributed by atoms with E-state index in [2.05, 4.69) is 20.3 Å². The van der Waals surface area contributed by atoms with Gasteiger partial charge >= 0.3 is 12.1 Å². The van der Waals surface area contributed by atoms with Crippen molar-refractivity contribution in [3.63, 3.8) is 0 Å². The zero-order valence-electron chi connectivity index (χ0n) is 18.9. The van der Waals surface area contributed by atoms with Crippen LogP contribution < -0.4 is 5.32 Å². The molecule has 2 heterocycles. The Morgan fingerprint density at radius 1 is 1.18 bits per heavy atom. The molecule has 1 saturated carbocycles. The predicted octanol–water partition coefficient (Wildman–Crippen LogP) is 6.51. The predicted molar refractivity (Wildman–Crippen MR) is 124 cm³/mol. The minimum absolute atomic E-state index is 0.0286. The summed E-state index contributed by atoms with van der Waals surface area (Å²) in [5.74, 6) is 0.0597. The van der Waals surface area contributed by atoms with Gasteiger partial charge in [0.25, 0.3) is 0 Å². The molecule has 0 bridgehead atoms. The molecule has 1 fully saturated rings. The second-order valence-electron chi connectivity index (χ2n) is 8.34. The molecule has 1 aliphatic rings. The van der Waals surface area contributed by atoms with E-state index in [0.717, 1.165) is 59.0 Å². The zero-order chi connectivity index (χ0) is 24.3. The number of rotatable bonds is 6. The number of hydrogen-bond acceptors (Lipinski definition) is 7. The van der Waals surface area contributed by atoms with Gasteiger partial charge in [-0.1, -0.05) is 6.07 Å². The third kappa shape index (κ3) is 5.72. The fraction of sp³-hybridized carbons (Fsp3) is 0.417. The van der Waals surface area contributed by atoms with Crippen molar-refractivity contribution in [2.75, 3.05) is 11.9 Å². The number of hydrogen-bond donors (Lipinski definition) is 1. The first-order chi connectivity index (χ1) is 16.2. The third-order valence-electron chi connectivity index (χ3n) is 5.78. The lowest BCUT2D eigenvalue weighted by Crippen LogP contribution is -2.23. The van der Waals surface area contributed by atoms with E-state index in [-0.39, 0.29) is 17.8 Å². The summed E-state index contributed by atoms with van der Waals surface area (Å²) in [6, 6.07) is 6.52. The van der Waals surface area contributed by atoms with Crippen LogP contribution in [-0.2, 0) is 15.7 Å². The highest BCUT2D eigenvalue weighted by molar-refractivity contribution is 7.15. The number of nitrogens with zero attached hydrogens (tertiary/aromatic N) is 3. The molecule has 34 heavy (non-hydrogen) atoms. The Morgan fingerprint density at radius 3 is 2.65 bits per heavy atom. The minimum Gasteiger partial charge on any atom is -0.466 e. The van der Waals surface area contributed by atoms with Crippen LogP contribution in [0.2, 0.25) is 0 Å². The summed E-state index contributed by atoms with van der Waals surface area (Å²) in [4.78, 5) is 25.1. The van der Waals surface area contributed by atoms with Gasteiger partial charge in [-0.05, 0) is 68.9 Å². The molecule has 1 N–H and O–H groups in total. The van der Waals surface area contributed by atoms with Gasteiger partial charge in [-0.25, -0.2) is 15.0 Å². The van der Waals surface area contributed by atoms with Gasteiger partial charge in [0, 0.05) is 24.0 Å². The van der Waals surface area contributed by atoms with Crippen molar-refractivity contribution in [2.24, 2.45) is 5.92 Å². The summed E-state index contributed by atoms with van der Waals surface area (Å²) >= 11 is 1.61. The Bertz CT molecular complexity index is 1160. The smallest absolute Gasteiger partial charge is 0.433 e. The van der Waals surface area contributed by atoms with Crippen molar-refractivity contribution < 1.29 is 22.7 Å². The molecular weight excluding hydrogens is 465 g/mol. The summed E-state index contributed by atoms with van der Waals surface area (Å²) < 4.78 is 44.0. The molecule has 2 aromatic heterocycles. The summed E-state index contributed by atoms with van der Waals surface area (Å²) in [5.41, 5.74) is 1.46. The van der Waals surface area contributed by atoms with E-state index in [0.29, 0.717) is 18.2 Å². The van der Waals surface area contributed by atoms with Crippen molar-refractivity contribution in [1.29, 1.82) is 0 Å². The lowest BCUT2D eigenvalue weighted by Gasteiger charge is -2.25. The van der Waals surface area contributed by atoms with Gasteiger partial charge in [0.1, 0.15) is 5.69 Å². The van der Waals surface area contributed by atoms with Crippen LogP contribution in [0.25, 0.3) is 10.4 Å². The minimum atomic E-state index is -4.54. The maximum absolute atomic E-state index is 13.0. The van der Waals surface area contributed by atoms with Gasteiger partial charge in [-0.15, -0.1) is 11.3 Å². The molecule has 0 saturated heterocycles. The highest BCUT2D eigenvalue weighted by Gasteiger charge is 2.33. The van der Waals surface area contributed by atoms with Gasteiger partial charge in [0.05, 0.1) is 22.4 Å². The molecular formula is C24H25F3N4O2S. The van der Waals surface area contributed by atoms with Gasteiger partial charge in [0.15, 0.2) is 0 Å². The van der Waals surface area contributed by atoms with Crippen molar-refractivity contribution in [3.05, 3.63) is 52.9 Å².